The SMILES string of the molecule is CCN1CCOC(COc2cncc(C#CCCl)c2)C1. The molecule has 108 valence electrons. The van der Waals surface area contributed by atoms with E-state index in [1.54, 1.807) is 12.4 Å². The van der Waals surface area contributed by atoms with Crippen molar-refractivity contribution in [2.75, 3.05) is 38.7 Å². The number of halogens is 1. The van der Waals surface area contributed by atoms with E-state index in [2.05, 4.69) is 28.6 Å². The first-order valence-electron chi connectivity index (χ1n) is 6.78. The van der Waals surface area contributed by atoms with Crippen molar-refractivity contribution in [1.82, 2.24) is 9.88 Å². The summed E-state index contributed by atoms with van der Waals surface area (Å²) in [5, 5.41) is 0. The smallest absolute Gasteiger partial charge is 0.138 e. The molecule has 1 aromatic heterocycles. The second kappa shape index (κ2) is 8.11. The van der Waals surface area contributed by atoms with Crippen molar-refractivity contribution in [3.8, 4) is 17.6 Å². The number of hydrogen-bond acceptors (Lipinski definition) is 4. The zero-order chi connectivity index (χ0) is 14.2. The van der Waals surface area contributed by atoms with Crippen LogP contribution in [0.4, 0.5) is 0 Å². The Morgan fingerprint density at radius 3 is 3.25 bits per heavy atom. The van der Waals surface area contributed by atoms with Crippen LogP contribution in [-0.4, -0.2) is 54.7 Å². The van der Waals surface area contributed by atoms with Gasteiger partial charge in [0.25, 0.3) is 0 Å². The van der Waals surface area contributed by atoms with Crippen LogP contribution in [-0.2, 0) is 4.74 Å². The quantitative estimate of drug-likeness (QED) is 0.626. The molecule has 5 heteroatoms. The lowest BCUT2D eigenvalue weighted by atomic mass is 10.2. The lowest BCUT2D eigenvalue weighted by molar-refractivity contribution is -0.0464. The Hall–Kier alpha value is -1.28. The Bertz CT molecular complexity index is 484. The summed E-state index contributed by atoms with van der Waals surface area (Å²) in [6, 6.07) is 1.87. The van der Waals surface area contributed by atoms with Crippen LogP contribution in [0.2, 0.25) is 0 Å². The fourth-order valence-electron chi connectivity index (χ4n) is 2.06. The van der Waals surface area contributed by atoms with Crippen molar-refractivity contribution < 1.29 is 9.47 Å². The first-order valence-corrected chi connectivity index (χ1v) is 7.32. The number of morpholine rings is 1. The normalized spacial score (nSPS) is 19.2. The Morgan fingerprint density at radius 1 is 1.55 bits per heavy atom. The molecule has 1 aromatic rings. The molecule has 1 unspecified atom stereocenters. The number of nitrogens with zero attached hydrogens (tertiary/aromatic N) is 2. The highest BCUT2D eigenvalue weighted by Gasteiger charge is 2.19. The van der Waals surface area contributed by atoms with E-state index >= 15 is 0 Å². The maximum atomic E-state index is 5.74. The molecule has 0 bridgehead atoms. The van der Waals surface area contributed by atoms with Crippen LogP contribution in [0, 0.1) is 11.8 Å². The van der Waals surface area contributed by atoms with Crippen LogP contribution in [0.5, 0.6) is 5.75 Å². The van der Waals surface area contributed by atoms with Gasteiger partial charge in [-0.1, -0.05) is 18.8 Å². The molecule has 4 nitrogen and oxygen atoms in total. The highest BCUT2D eigenvalue weighted by atomic mass is 35.5. The summed E-state index contributed by atoms with van der Waals surface area (Å²) in [7, 11) is 0. The third-order valence-corrected chi connectivity index (χ3v) is 3.25. The minimum Gasteiger partial charge on any atom is -0.489 e. The second-order valence-electron chi connectivity index (χ2n) is 4.54. The van der Waals surface area contributed by atoms with Gasteiger partial charge in [-0.2, -0.15) is 0 Å². The molecule has 0 amide bonds. The van der Waals surface area contributed by atoms with Gasteiger partial charge < -0.3 is 9.47 Å². The molecule has 0 aromatic carbocycles. The minimum absolute atomic E-state index is 0.112. The van der Waals surface area contributed by atoms with Gasteiger partial charge in [0.05, 0.1) is 18.7 Å². The molecule has 0 spiro atoms. The van der Waals surface area contributed by atoms with Gasteiger partial charge in [0.2, 0.25) is 0 Å². The first kappa shape index (κ1) is 15.1. The molecule has 1 fully saturated rings. The van der Waals surface area contributed by atoms with Crippen LogP contribution in [0.15, 0.2) is 18.5 Å². The summed E-state index contributed by atoms with van der Waals surface area (Å²) < 4.78 is 11.4. The van der Waals surface area contributed by atoms with Crippen molar-refractivity contribution in [2.24, 2.45) is 0 Å². The van der Waals surface area contributed by atoms with Gasteiger partial charge in [0.1, 0.15) is 18.5 Å². The third-order valence-electron chi connectivity index (χ3n) is 3.12. The molecule has 20 heavy (non-hydrogen) atoms. The lowest BCUT2D eigenvalue weighted by Gasteiger charge is -2.31. The van der Waals surface area contributed by atoms with E-state index in [1.807, 2.05) is 6.07 Å². The van der Waals surface area contributed by atoms with Gasteiger partial charge in [-0.05, 0) is 12.6 Å². The second-order valence-corrected chi connectivity index (χ2v) is 4.81. The Balaban J connectivity index is 1.87. The molecule has 0 saturated carbocycles. The average molecular weight is 295 g/mol. The van der Waals surface area contributed by atoms with Crippen molar-refractivity contribution in [2.45, 2.75) is 13.0 Å². The number of alkyl halides is 1. The molecular formula is C15H19ClN2O2. The average Bonchev–Trinajstić information content (AvgIpc) is 2.51. The monoisotopic (exact) mass is 294 g/mol. The molecule has 2 heterocycles. The summed E-state index contributed by atoms with van der Waals surface area (Å²) in [5.41, 5.74) is 0.808. The number of likely N-dealkylation sites (N-methyl/N-ethyl adjacent to an activating group) is 1. The van der Waals surface area contributed by atoms with Gasteiger partial charge in [0, 0.05) is 24.8 Å². The maximum Gasteiger partial charge on any atom is 0.138 e. The van der Waals surface area contributed by atoms with Gasteiger partial charge in [-0.3, -0.25) is 9.88 Å². The van der Waals surface area contributed by atoms with E-state index in [0.717, 1.165) is 31.8 Å². The summed E-state index contributed by atoms with van der Waals surface area (Å²) in [5.74, 6) is 6.75. The van der Waals surface area contributed by atoms with Crippen LogP contribution in [0.3, 0.4) is 0 Å². The van der Waals surface area contributed by atoms with E-state index in [4.69, 9.17) is 21.1 Å². The fraction of sp³-hybridized carbons (Fsp3) is 0.533. The minimum atomic E-state index is 0.112. The molecule has 1 aliphatic rings. The number of rotatable bonds is 4. The topological polar surface area (TPSA) is 34.6 Å². The van der Waals surface area contributed by atoms with Gasteiger partial charge >= 0.3 is 0 Å². The van der Waals surface area contributed by atoms with Crippen molar-refractivity contribution in [3.05, 3.63) is 24.0 Å². The van der Waals surface area contributed by atoms with E-state index in [0.29, 0.717) is 18.2 Å². The van der Waals surface area contributed by atoms with Gasteiger partial charge in [-0.25, -0.2) is 0 Å². The molecule has 1 saturated heterocycles. The maximum absolute atomic E-state index is 5.74. The number of ether oxygens (including phenoxy) is 2. The van der Waals surface area contributed by atoms with Crippen molar-refractivity contribution >= 4 is 11.6 Å². The highest BCUT2D eigenvalue weighted by Crippen LogP contribution is 2.12. The predicted molar refractivity (Wildman–Crippen MR) is 79.2 cm³/mol. The zero-order valence-electron chi connectivity index (χ0n) is 11.6. The first-order chi connectivity index (χ1) is 9.81. The van der Waals surface area contributed by atoms with Crippen LogP contribution in [0.1, 0.15) is 12.5 Å². The predicted octanol–water partition coefficient (Wildman–Crippen LogP) is 1.77. The van der Waals surface area contributed by atoms with Crippen molar-refractivity contribution in [3.63, 3.8) is 0 Å². The molecular weight excluding hydrogens is 276 g/mol. The van der Waals surface area contributed by atoms with Gasteiger partial charge in [0.15, 0.2) is 0 Å². The van der Waals surface area contributed by atoms with Crippen LogP contribution in [0.25, 0.3) is 0 Å². The number of aromatic nitrogens is 1. The molecule has 0 N–H and O–H groups in total. The summed E-state index contributed by atoms with van der Waals surface area (Å²) in [6.07, 6.45) is 3.50. The Kier molecular flexibility index (Phi) is 6.13. The molecule has 0 aliphatic carbocycles. The summed E-state index contributed by atoms with van der Waals surface area (Å²) in [6.45, 7) is 6.41. The van der Waals surface area contributed by atoms with E-state index in [-0.39, 0.29) is 6.10 Å². The lowest BCUT2D eigenvalue weighted by Crippen LogP contribution is -2.44. The van der Waals surface area contributed by atoms with E-state index in [9.17, 15) is 0 Å². The molecule has 2 rings (SSSR count). The summed E-state index contributed by atoms with van der Waals surface area (Å²) in [4.78, 5) is 6.47. The molecule has 0 radical (unpaired) electrons. The largest absolute Gasteiger partial charge is 0.489 e. The molecule has 1 aliphatic heterocycles. The highest BCUT2D eigenvalue weighted by molar-refractivity contribution is 6.19. The van der Waals surface area contributed by atoms with Crippen LogP contribution >= 0.6 is 11.6 Å². The Morgan fingerprint density at radius 2 is 2.45 bits per heavy atom. The van der Waals surface area contributed by atoms with Crippen molar-refractivity contribution in [1.29, 1.82) is 0 Å². The fourth-order valence-corrected chi connectivity index (χ4v) is 2.13. The third kappa shape index (κ3) is 4.68. The van der Waals surface area contributed by atoms with Gasteiger partial charge in [-0.15, -0.1) is 11.6 Å². The van der Waals surface area contributed by atoms with E-state index in [1.165, 1.54) is 0 Å². The van der Waals surface area contributed by atoms with E-state index < -0.39 is 0 Å². The standard InChI is InChI=1S/C15H19ClN2O2/c1-2-18-6-7-19-15(11-18)12-20-14-8-13(4-3-5-16)9-17-10-14/h8-10,15H,2,5-7,11-12H2,1H3. The van der Waals surface area contributed by atoms with Crippen LogP contribution < -0.4 is 4.74 Å². The molecule has 1 atom stereocenters. The zero-order valence-corrected chi connectivity index (χ0v) is 12.4. The number of hydrogen-bond donors (Lipinski definition) is 0. The Labute approximate surface area is 125 Å². The number of pyridine rings is 1. The summed E-state index contributed by atoms with van der Waals surface area (Å²) >= 11 is 5.53.